The number of fused-ring (bicyclic) bond motifs is 2. The molecule has 3 aliphatic rings. The first-order valence-electron chi connectivity index (χ1n) is 10.7. The van der Waals surface area contributed by atoms with Crippen LogP contribution < -0.4 is 5.32 Å². The van der Waals surface area contributed by atoms with Crippen molar-refractivity contribution in [2.45, 2.75) is 84.1 Å². The largest absolute Gasteiger partial charge is 0.347 e. The van der Waals surface area contributed by atoms with Gasteiger partial charge in [-0.05, 0) is 68.1 Å². The maximum atomic E-state index is 13.2. The Balaban J connectivity index is 1.42. The van der Waals surface area contributed by atoms with Crippen molar-refractivity contribution >= 4 is 27.5 Å². The van der Waals surface area contributed by atoms with Crippen LogP contribution in [0.5, 0.6) is 0 Å². The van der Waals surface area contributed by atoms with E-state index in [4.69, 9.17) is 0 Å². The topological polar surface area (TPSA) is 42.0 Å². The van der Waals surface area contributed by atoms with Crippen LogP contribution in [0, 0.1) is 24.7 Å². The third-order valence-electron chi connectivity index (χ3n) is 7.84. The molecule has 4 heteroatoms. The van der Waals surface area contributed by atoms with E-state index in [0.717, 1.165) is 20.8 Å². The predicted molar refractivity (Wildman–Crippen MR) is 111 cm³/mol. The van der Waals surface area contributed by atoms with Crippen molar-refractivity contribution in [3.05, 3.63) is 28.3 Å². The summed E-state index contributed by atoms with van der Waals surface area (Å²) in [6, 6.07) is 4.56. The number of aryl methyl sites for hydroxylation is 2. The molecule has 0 radical (unpaired) electrons. The number of carbonyl (C=O) groups is 1. The Hall–Kier alpha value is -1.42. The zero-order valence-corrected chi connectivity index (χ0v) is 17.4. The molecule has 2 spiro atoms. The summed E-state index contributed by atoms with van der Waals surface area (Å²) in [7, 11) is 0. The number of hydrogen-bond donors (Lipinski definition) is 1. The first-order chi connectivity index (χ1) is 13.1. The average Bonchev–Trinajstić information content (AvgIpc) is 2.99. The minimum absolute atomic E-state index is 0.132. The maximum absolute atomic E-state index is 13.2. The summed E-state index contributed by atoms with van der Waals surface area (Å²) >= 11 is 1.55. The van der Waals surface area contributed by atoms with Crippen molar-refractivity contribution in [3.63, 3.8) is 0 Å². The molecule has 3 fully saturated rings. The lowest BCUT2D eigenvalue weighted by atomic mass is 9.73. The molecular formula is C23H30N2OS. The van der Waals surface area contributed by atoms with Crippen LogP contribution in [0.15, 0.2) is 12.1 Å². The Morgan fingerprint density at radius 1 is 1.00 bits per heavy atom. The van der Waals surface area contributed by atoms with Crippen LogP contribution in [0.3, 0.4) is 0 Å². The van der Waals surface area contributed by atoms with Gasteiger partial charge in [0.15, 0.2) is 0 Å². The molecule has 27 heavy (non-hydrogen) atoms. The van der Waals surface area contributed by atoms with Gasteiger partial charge in [-0.15, -0.1) is 11.3 Å². The zero-order chi connectivity index (χ0) is 18.6. The minimum atomic E-state index is 0.132. The number of nitrogens with zero attached hydrogens (tertiary/aromatic N) is 1. The Kier molecular flexibility index (Phi) is 4.12. The molecule has 5 rings (SSSR count). The second-order valence-electron chi connectivity index (χ2n) is 9.25. The Bertz CT molecular complexity index is 863. The third-order valence-corrected chi connectivity index (χ3v) is 8.87. The number of pyridine rings is 1. The van der Waals surface area contributed by atoms with Gasteiger partial charge in [0.25, 0.3) is 5.91 Å². The van der Waals surface area contributed by atoms with E-state index in [0.29, 0.717) is 16.9 Å². The Morgan fingerprint density at radius 3 is 2.19 bits per heavy atom. The average molecular weight is 383 g/mol. The monoisotopic (exact) mass is 382 g/mol. The van der Waals surface area contributed by atoms with Crippen molar-refractivity contribution in [2.24, 2.45) is 10.8 Å². The van der Waals surface area contributed by atoms with Gasteiger partial charge in [0.2, 0.25) is 0 Å². The van der Waals surface area contributed by atoms with Crippen LogP contribution in [0.4, 0.5) is 0 Å². The first kappa shape index (κ1) is 17.7. The van der Waals surface area contributed by atoms with Gasteiger partial charge >= 0.3 is 0 Å². The molecule has 0 saturated heterocycles. The molecule has 1 amide bonds. The van der Waals surface area contributed by atoms with E-state index in [9.17, 15) is 4.79 Å². The van der Waals surface area contributed by atoms with Crippen LogP contribution in [0.25, 0.3) is 10.2 Å². The highest BCUT2D eigenvalue weighted by Crippen LogP contribution is 2.75. The molecule has 2 heterocycles. The first-order valence-corrected chi connectivity index (χ1v) is 11.6. The quantitative estimate of drug-likeness (QED) is 0.700. The van der Waals surface area contributed by atoms with Crippen LogP contribution in [-0.4, -0.2) is 16.9 Å². The standard InChI is InChI=1S/C23H30N2OS/c1-15-13-16(2)24-20-17(15)14-18(27-20)19(26)25-21-22(9-5-3-6-10-22)23(21)11-7-4-8-12-23/h13-14,21H,3-12H2,1-2H3,(H,25,26). The van der Waals surface area contributed by atoms with Crippen LogP contribution in [-0.2, 0) is 0 Å². The molecule has 3 aliphatic carbocycles. The second-order valence-corrected chi connectivity index (χ2v) is 10.3. The SMILES string of the molecule is Cc1cc(C)c2cc(C(=O)NC3C4(CCCCC4)C34CCCCC4)sc2n1. The summed E-state index contributed by atoms with van der Waals surface area (Å²) < 4.78 is 0. The fraction of sp³-hybridized carbons (Fsp3) is 0.652. The predicted octanol–water partition coefficient (Wildman–Crippen LogP) is 5.93. The van der Waals surface area contributed by atoms with E-state index in [1.54, 1.807) is 11.3 Å². The maximum Gasteiger partial charge on any atom is 0.261 e. The molecule has 3 saturated carbocycles. The van der Waals surface area contributed by atoms with E-state index in [1.807, 2.05) is 6.92 Å². The van der Waals surface area contributed by atoms with E-state index < -0.39 is 0 Å². The van der Waals surface area contributed by atoms with Crippen molar-refractivity contribution < 1.29 is 4.79 Å². The Morgan fingerprint density at radius 2 is 1.59 bits per heavy atom. The lowest BCUT2D eigenvalue weighted by Crippen LogP contribution is -2.31. The van der Waals surface area contributed by atoms with Crippen molar-refractivity contribution in [3.8, 4) is 0 Å². The third kappa shape index (κ3) is 2.59. The van der Waals surface area contributed by atoms with Gasteiger partial charge in [0.1, 0.15) is 4.83 Å². The number of carbonyl (C=O) groups excluding carboxylic acids is 1. The lowest BCUT2D eigenvalue weighted by Gasteiger charge is -2.31. The molecule has 0 bridgehead atoms. The molecule has 0 aromatic carbocycles. The van der Waals surface area contributed by atoms with Crippen LogP contribution >= 0.6 is 11.3 Å². The number of amides is 1. The zero-order valence-electron chi connectivity index (χ0n) is 16.6. The minimum Gasteiger partial charge on any atom is -0.347 e. The van der Waals surface area contributed by atoms with Gasteiger partial charge in [-0.1, -0.05) is 38.5 Å². The highest BCUT2D eigenvalue weighted by Gasteiger charge is 2.74. The number of thiophene rings is 1. The van der Waals surface area contributed by atoms with Crippen molar-refractivity contribution in [1.29, 1.82) is 0 Å². The number of rotatable bonds is 2. The molecular weight excluding hydrogens is 352 g/mol. The molecule has 0 unspecified atom stereocenters. The van der Waals surface area contributed by atoms with Crippen molar-refractivity contribution in [2.75, 3.05) is 0 Å². The summed E-state index contributed by atoms with van der Waals surface area (Å²) in [5.74, 6) is 0.132. The summed E-state index contributed by atoms with van der Waals surface area (Å²) in [4.78, 5) is 19.6. The highest BCUT2D eigenvalue weighted by molar-refractivity contribution is 7.20. The molecule has 0 atom stereocenters. The van der Waals surface area contributed by atoms with Gasteiger partial charge in [0.05, 0.1) is 4.88 Å². The number of aromatic nitrogens is 1. The lowest BCUT2D eigenvalue weighted by molar-refractivity contribution is 0.0943. The van der Waals surface area contributed by atoms with E-state index in [-0.39, 0.29) is 5.91 Å². The molecule has 144 valence electrons. The van der Waals surface area contributed by atoms with Crippen molar-refractivity contribution in [1.82, 2.24) is 10.3 Å². The highest BCUT2D eigenvalue weighted by atomic mass is 32.1. The summed E-state index contributed by atoms with van der Waals surface area (Å²) in [5, 5.41) is 4.66. The summed E-state index contributed by atoms with van der Waals surface area (Å²) in [6.45, 7) is 4.14. The van der Waals surface area contributed by atoms with Gasteiger partial charge in [0, 0.05) is 17.1 Å². The van der Waals surface area contributed by atoms with Crippen LogP contribution in [0.2, 0.25) is 0 Å². The van der Waals surface area contributed by atoms with Crippen LogP contribution in [0.1, 0.15) is 85.1 Å². The van der Waals surface area contributed by atoms with E-state index in [2.05, 4.69) is 29.4 Å². The smallest absolute Gasteiger partial charge is 0.261 e. The number of hydrogen-bond acceptors (Lipinski definition) is 3. The van der Waals surface area contributed by atoms with Gasteiger partial charge in [-0.3, -0.25) is 4.79 Å². The molecule has 0 aliphatic heterocycles. The molecule has 2 aromatic rings. The Labute approximate surface area is 166 Å². The fourth-order valence-corrected chi connectivity index (χ4v) is 7.65. The van der Waals surface area contributed by atoms with Gasteiger partial charge < -0.3 is 5.32 Å². The van der Waals surface area contributed by atoms with Gasteiger partial charge in [-0.2, -0.15) is 0 Å². The summed E-state index contributed by atoms with van der Waals surface area (Å²) in [5.41, 5.74) is 3.05. The van der Waals surface area contributed by atoms with E-state index in [1.165, 1.54) is 69.8 Å². The second kappa shape index (κ2) is 6.30. The fourth-order valence-electron chi connectivity index (χ4n) is 6.60. The van der Waals surface area contributed by atoms with Gasteiger partial charge in [-0.25, -0.2) is 4.98 Å². The normalized spacial score (nSPS) is 23.8. The molecule has 3 nitrogen and oxygen atoms in total. The number of nitrogens with one attached hydrogen (secondary N) is 1. The molecule has 2 aromatic heterocycles. The van der Waals surface area contributed by atoms with E-state index >= 15 is 0 Å². The summed E-state index contributed by atoms with van der Waals surface area (Å²) in [6.07, 6.45) is 13.4. The molecule has 1 N–H and O–H groups in total.